The smallest absolute Gasteiger partial charge is 0.377 e. The van der Waals surface area contributed by atoms with Crippen LogP contribution in [0.15, 0.2) is 0 Å². The topological polar surface area (TPSA) is 159 Å². The van der Waals surface area contributed by atoms with E-state index >= 15 is 0 Å². The van der Waals surface area contributed by atoms with Crippen LogP contribution < -0.4 is 16.0 Å². The number of amides is 3. The Labute approximate surface area is 264 Å². The Morgan fingerprint density at radius 3 is 2.07 bits per heavy atom. The highest BCUT2D eigenvalue weighted by Crippen LogP contribution is 2.47. The number of hydrogen-bond acceptors (Lipinski definition) is 9. The first kappa shape index (κ1) is 38.6. The summed E-state index contributed by atoms with van der Waals surface area (Å²) in [5.74, 6) is -0.310. The van der Waals surface area contributed by atoms with E-state index in [1.807, 2.05) is 34.6 Å². The molecular formula is C30H58N5O8P. The molecule has 2 aliphatic rings. The maximum absolute atomic E-state index is 13.0. The van der Waals surface area contributed by atoms with Crippen molar-refractivity contribution in [2.75, 3.05) is 45.9 Å². The number of ether oxygens (including phenoxy) is 1. The lowest BCUT2D eigenvalue weighted by Gasteiger charge is -2.26. The Morgan fingerprint density at radius 1 is 0.864 bits per heavy atom. The first-order valence-corrected chi connectivity index (χ1v) is 17.8. The molecular weight excluding hydrogens is 589 g/mol. The number of carbonyl (C=O) groups excluding carboxylic acids is 3. The standard InChI is InChI=1S/C30H58N5O8P/c1-21(2)31-12-8-10-28(36)33-16-30(38)34-17-24(7)14-25(34)20-42-44(39,40)43-27-15-26(19-41-23(5)6)35(18-27)29(37)11-9-13-32-22(3)4/h21-27,31-32H,8-20H2,1-7H3,(H,33,36)(H,39,40)/t24-,25+,26+,27-/m1/s1. The first-order chi connectivity index (χ1) is 20.7. The van der Waals surface area contributed by atoms with E-state index in [0.717, 1.165) is 13.1 Å². The van der Waals surface area contributed by atoms with Crippen LogP contribution >= 0.6 is 7.82 Å². The summed E-state index contributed by atoms with van der Waals surface area (Å²) < 4.78 is 29.7. The Bertz CT molecular complexity index is 952. The Hall–Kier alpha value is -1.60. The molecule has 0 spiro atoms. The van der Waals surface area contributed by atoms with Gasteiger partial charge in [0.1, 0.15) is 0 Å². The third-order valence-corrected chi connectivity index (χ3v) is 8.70. The summed E-state index contributed by atoms with van der Waals surface area (Å²) in [5, 5.41) is 9.24. The van der Waals surface area contributed by atoms with E-state index in [2.05, 4.69) is 29.8 Å². The SMILES string of the molecule is CC(C)NCCCC(=O)NCC(=O)N1C[C@H](C)C[C@H]1COP(=O)(O)O[C@@H]1C[C@@H](COC(C)C)N(C(=O)CCCNC(C)C)C1. The van der Waals surface area contributed by atoms with Crippen molar-refractivity contribution in [3.05, 3.63) is 0 Å². The molecule has 0 bridgehead atoms. The fourth-order valence-corrected chi connectivity index (χ4v) is 6.46. The summed E-state index contributed by atoms with van der Waals surface area (Å²) in [7, 11) is -4.49. The summed E-state index contributed by atoms with van der Waals surface area (Å²) in [6, 6.07) is 0.00725. The number of nitrogens with zero attached hydrogens (tertiary/aromatic N) is 2. The molecule has 256 valence electrons. The largest absolute Gasteiger partial charge is 0.472 e. The molecule has 0 aromatic heterocycles. The van der Waals surface area contributed by atoms with E-state index in [4.69, 9.17) is 13.8 Å². The van der Waals surface area contributed by atoms with Crippen molar-refractivity contribution >= 4 is 25.5 Å². The quantitative estimate of drug-likeness (QED) is 0.114. The van der Waals surface area contributed by atoms with Gasteiger partial charge in [0.25, 0.3) is 0 Å². The average Bonchev–Trinajstić information content (AvgIpc) is 3.51. The second-order valence-corrected chi connectivity index (χ2v) is 14.5. The highest BCUT2D eigenvalue weighted by molar-refractivity contribution is 7.47. The van der Waals surface area contributed by atoms with Crippen LogP contribution in [0.25, 0.3) is 0 Å². The molecule has 1 unspecified atom stereocenters. The van der Waals surface area contributed by atoms with Gasteiger partial charge in [-0.25, -0.2) is 4.57 Å². The lowest BCUT2D eigenvalue weighted by Crippen LogP contribution is -2.44. The molecule has 44 heavy (non-hydrogen) atoms. The third kappa shape index (κ3) is 14.7. The molecule has 2 heterocycles. The molecule has 2 aliphatic heterocycles. The zero-order valence-corrected chi connectivity index (χ0v) is 28.8. The van der Waals surface area contributed by atoms with Crippen molar-refractivity contribution in [1.82, 2.24) is 25.8 Å². The van der Waals surface area contributed by atoms with Gasteiger partial charge in [0.15, 0.2) is 0 Å². The minimum atomic E-state index is -4.49. The van der Waals surface area contributed by atoms with Crippen LogP contribution in [0.3, 0.4) is 0 Å². The van der Waals surface area contributed by atoms with Gasteiger partial charge in [-0.1, -0.05) is 34.6 Å². The van der Waals surface area contributed by atoms with Crippen molar-refractivity contribution in [2.45, 2.75) is 123 Å². The van der Waals surface area contributed by atoms with Gasteiger partial charge in [0.05, 0.1) is 44.1 Å². The van der Waals surface area contributed by atoms with Gasteiger partial charge >= 0.3 is 7.82 Å². The minimum Gasteiger partial charge on any atom is -0.377 e. The van der Waals surface area contributed by atoms with Crippen molar-refractivity contribution in [3.63, 3.8) is 0 Å². The van der Waals surface area contributed by atoms with Crippen molar-refractivity contribution in [1.29, 1.82) is 0 Å². The Balaban J connectivity index is 1.87. The minimum absolute atomic E-state index is 0.0192. The van der Waals surface area contributed by atoms with Crippen LogP contribution in [0.5, 0.6) is 0 Å². The third-order valence-electron chi connectivity index (χ3n) is 7.66. The van der Waals surface area contributed by atoms with Crippen LogP contribution in [0.1, 0.15) is 87.0 Å². The number of carbonyl (C=O) groups is 3. The highest BCUT2D eigenvalue weighted by atomic mass is 31.2. The fourth-order valence-electron chi connectivity index (χ4n) is 5.51. The van der Waals surface area contributed by atoms with Gasteiger partial charge in [0.2, 0.25) is 17.7 Å². The molecule has 3 amide bonds. The monoisotopic (exact) mass is 647 g/mol. The molecule has 0 radical (unpaired) electrons. The molecule has 2 rings (SSSR count). The predicted octanol–water partition coefficient (Wildman–Crippen LogP) is 2.42. The summed E-state index contributed by atoms with van der Waals surface area (Å²) in [6.45, 7) is 16.1. The summed E-state index contributed by atoms with van der Waals surface area (Å²) in [6.07, 6.45) is 2.30. The van der Waals surface area contributed by atoms with E-state index in [-0.39, 0.29) is 55.5 Å². The number of phosphoric acid groups is 1. The Kier molecular flexibility index (Phi) is 16.8. The van der Waals surface area contributed by atoms with Crippen molar-refractivity contribution in [3.8, 4) is 0 Å². The second-order valence-electron chi connectivity index (χ2n) is 13.1. The summed E-state index contributed by atoms with van der Waals surface area (Å²) in [5.41, 5.74) is 0. The molecule has 2 saturated heterocycles. The fraction of sp³-hybridized carbons (Fsp3) is 0.900. The van der Waals surface area contributed by atoms with Crippen molar-refractivity contribution in [2.24, 2.45) is 5.92 Å². The number of rotatable bonds is 20. The molecule has 2 fully saturated rings. The van der Waals surface area contributed by atoms with Gasteiger partial charge in [-0.3, -0.25) is 23.4 Å². The van der Waals surface area contributed by atoms with Crippen LogP contribution in [-0.2, 0) is 32.7 Å². The average molecular weight is 648 g/mol. The number of phosphoric ester groups is 1. The molecule has 13 nitrogen and oxygen atoms in total. The molecule has 0 aliphatic carbocycles. The van der Waals surface area contributed by atoms with E-state index in [1.165, 1.54) is 0 Å². The van der Waals surface area contributed by atoms with E-state index in [0.29, 0.717) is 63.8 Å². The highest BCUT2D eigenvalue weighted by Gasteiger charge is 2.41. The van der Waals surface area contributed by atoms with Gasteiger partial charge in [-0.05, 0) is 58.5 Å². The van der Waals surface area contributed by atoms with Gasteiger partial charge in [-0.2, -0.15) is 0 Å². The van der Waals surface area contributed by atoms with Gasteiger partial charge < -0.3 is 35.4 Å². The van der Waals surface area contributed by atoms with E-state index in [9.17, 15) is 23.8 Å². The number of likely N-dealkylation sites (tertiary alicyclic amines) is 2. The maximum Gasteiger partial charge on any atom is 0.472 e. The molecule has 0 aromatic rings. The molecule has 0 aromatic carbocycles. The Morgan fingerprint density at radius 2 is 1.45 bits per heavy atom. The molecule has 4 N–H and O–H groups in total. The molecule has 14 heteroatoms. The number of hydrogen-bond donors (Lipinski definition) is 4. The number of nitrogens with one attached hydrogen (secondary N) is 3. The zero-order valence-electron chi connectivity index (χ0n) is 27.9. The first-order valence-electron chi connectivity index (χ1n) is 16.3. The van der Waals surface area contributed by atoms with Crippen LogP contribution in [0.4, 0.5) is 0 Å². The van der Waals surface area contributed by atoms with E-state index < -0.39 is 20.0 Å². The second kappa shape index (κ2) is 19.2. The van der Waals surface area contributed by atoms with E-state index in [1.54, 1.807) is 9.80 Å². The lowest BCUT2D eigenvalue weighted by atomic mass is 10.1. The van der Waals surface area contributed by atoms with Gasteiger partial charge in [0, 0.05) is 38.0 Å². The lowest BCUT2D eigenvalue weighted by molar-refractivity contribution is -0.134. The van der Waals surface area contributed by atoms with Crippen molar-refractivity contribution < 1.29 is 37.6 Å². The maximum atomic E-state index is 13.0. The summed E-state index contributed by atoms with van der Waals surface area (Å²) in [4.78, 5) is 52.0. The zero-order chi connectivity index (χ0) is 32.9. The molecule has 0 saturated carbocycles. The normalized spacial score (nSPS) is 23.6. The van der Waals surface area contributed by atoms with Crippen LogP contribution in [-0.4, -0.2) is 115 Å². The van der Waals surface area contributed by atoms with Gasteiger partial charge in [-0.15, -0.1) is 0 Å². The van der Waals surface area contributed by atoms with Crippen LogP contribution in [0, 0.1) is 5.92 Å². The predicted molar refractivity (Wildman–Crippen MR) is 169 cm³/mol. The van der Waals surface area contributed by atoms with Crippen LogP contribution in [0.2, 0.25) is 0 Å². The summed E-state index contributed by atoms with van der Waals surface area (Å²) >= 11 is 0. The molecule has 5 atom stereocenters.